The minimum atomic E-state index is -1.31. The molecule has 0 heterocycles. The third-order valence-corrected chi connectivity index (χ3v) is 2.79. The molecule has 5 heteroatoms. The predicted molar refractivity (Wildman–Crippen MR) is 81.1 cm³/mol. The van der Waals surface area contributed by atoms with E-state index < -0.39 is 18.4 Å². The van der Waals surface area contributed by atoms with Gasteiger partial charge in [0.1, 0.15) is 6.42 Å². The van der Waals surface area contributed by atoms with Crippen molar-refractivity contribution in [3.05, 3.63) is 0 Å². The fraction of sp³-hybridized carbons (Fsp3) is 0.867. The van der Waals surface area contributed by atoms with Gasteiger partial charge >= 0.3 is 11.9 Å². The lowest BCUT2D eigenvalue weighted by atomic mass is 10.2. The standard InChI is InChI=1S/C12H27N.C3H4O4/c1-4-7-10-13(11-8-5-2)12-9-6-3;4-2(5)1-3(6)7/h4-12H2,1-3H3;1H2,(H,4,5)(H,6,7). The Kier molecular flexibility index (Phi) is 16.9. The molecule has 0 bridgehead atoms. The van der Waals surface area contributed by atoms with Crippen molar-refractivity contribution in [1.29, 1.82) is 0 Å². The SMILES string of the molecule is CCCCN(CCCC)CCCC.O=C(O)CC(=O)O. The lowest BCUT2D eigenvalue weighted by Crippen LogP contribution is -2.27. The molecule has 0 atom stereocenters. The minimum Gasteiger partial charge on any atom is -0.481 e. The Morgan fingerprint density at radius 1 is 0.750 bits per heavy atom. The van der Waals surface area contributed by atoms with Gasteiger partial charge in [-0.1, -0.05) is 40.0 Å². The van der Waals surface area contributed by atoms with Crippen LogP contribution in [0.2, 0.25) is 0 Å². The summed E-state index contributed by atoms with van der Waals surface area (Å²) >= 11 is 0. The zero-order valence-electron chi connectivity index (χ0n) is 13.2. The first-order valence-corrected chi connectivity index (χ1v) is 7.63. The van der Waals surface area contributed by atoms with Gasteiger partial charge in [0, 0.05) is 0 Å². The molecular weight excluding hydrogens is 258 g/mol. The number of carboxylic acids is 2. The van der Waals surface area contributed by atoms with Crippen LogP contribution in [0.25, 0.3) is 0 Å². The summed E-state index contributed by atoms with van der Waals surface area (Å²) in [4.78, 5) is 21.5. The highest BCUT2D eigenvalue weighted by Crippen LogP contribution is 2.01. The molecule has 0 aromatic carbocycles. The Balaban J connectivity index is 0. The molecule has 20 heavy (non-hydrogen) atoms. The quantitative estimate of drug-likeness (QED) is 0.571. The second kappa shape index (κ2) is 16.0. The van der Waals surface area contributed by atoms with E-state index in [1.807, 2.05) is 0 Å². The smallest absolute Gasteiger partial charge is 0.314 e. The second-order valence-electron chi connectivity index (χ2n) is 4.87. The van der Waals surface area contributed by atoms with Gasteiger partial charge in [-0.2, -0.15) is 0 Å². The molecule has 0 aromatic heterocycles. The Bertz CT molecular complexity index is 213. The number of aliphatic carboxylic acids is 2. The van der Waals surface area contributed by atoms with Gasteiger partial charge in [-0.05, 0) is 38.9 Å². The molecule has 0 saturated carbocycles. The first kappa shape index (κ1) is 21.2. The highest BCUT2D eigenvalue weighted by atomic mass is 16.4. The Morgan fingerprint density at radius 3 is 1.20 bits per heavy atom. The van der Waals surface area contributed by atoms with Crippen molar-refractivity contribution in [2.75, 3.05) is 19.6 Å². The largest absolute Gasteiger partial charge is 0.481 e. The molecule has 0 spiro atoms. The van der Waals surface area contributed by atoms with Gasteiger partial charge in [-0.25, -0.2) is 0 Å². The summed E-state index contributed by atoms with van der Waals surface area (Å²) in [7, 11) is 0. The average molecular weight is 289 g/mol. The van der Waals surface area contributed by atoms with E-state index in [1.165, 1.54) is 58.2 Å². The molecule has 0 aromatic rings. The van der Waals surface area contributed by atoms with Crippen molar-refractivity contribution in [2.24, 2.45) is 0 Å². The highest BCUT2D eigenvalue weighted by molar-refractivity contribution is 5.88. The molecule has 0 radical (unpaired) electrons. The van der Waals surface area contributed by atoms with Crippen LogP contribution in [-0.2, 0) is 9.59 Å². The minimum absolute atomic E-state index is 0.806. The monoisotopic (exact) mass is 289 g/mol. The van der Waals surface area contributed by atoms with Gasteiger partial charge in [0.15, 0.2) is 0 Å². The van der Waals surface area contributed by atoms with Crippen LogP contribution in [0.5, 0.6) is 0 Å². The average Bonchev–Trinajstić information content (AvgIpc) is 2.37. The van der Waals surface area contributed by atoms with E-state index in [9.17, 15) is 9.59 Å². The van der Waals surface area contributed by atoms with Gasteiger partial charge in [0.25, 0.3) is 0 Å². The van der Waals surface area contributed by atoms with E-state index >= 15 is 0 Å². The summed E-state index contributed by atoms with van der Waals surface area (Å²) in [5.41, 5.74) is 0. The van der Waals surface area contributed by atoms with E-state index in [1.54, 1.807) is 0 Å². The first-order valence-electron chi connectivity index (χ1n) is 7.63. The van der Waals surface area contributed by atoms with Crippen LogP contribution in [0.15, 0.2) is 0 Å². The molecular formula is C15H31NO4. The van der Waals surface area contributed by atoms with Crippen LogP contribution in [0.1, 0.15) is 65.7 Å². The van der Waals surface area contributed by atoms with Gasteiger partial charge in [0.05, 0.1) is 0 Å². The number of unbranched alkanes of at least 4 members (excludes halogenated alkanes) is 3. The van der Waals surface area contributed by atoms with E-state index in [0.29, 0.717) is 0 Å². The molecule has 0 rings (SSSR count). The summed E-state index contributed by atoms with van der Waals surface area (Å²) in [6, 6.07) is 0. The highest BCUT2D eigenvalue weighted by Gasteiger charge is 2.02. The third-order valence-electron chi connectivity index (χ3n) is 2.79. The predicted octanol–water partition coefficient (Wildman–Crippen LogP) is 3.23. The Labute approximate surface area is 123 Å². The Hall–Kier alpha value is -1.10. The van der Waals surface area contributed by atoms with Gasteiger partial charge < -0.3 is 15.1 Å². The zero-order valence-corrected chi connectivity index (χ0v) is 13.2. The fourth-order valence-electron chi connectivity index (χ4n) is 1.61. The molecule has 120 valence electrons. The molecule has 5 nitrogen and oxygen atoms in total. The topological polar surface area (TPSA) is 77.8 Å². The van der Waals surface area contributed by atoms with Crippen LogP contribution in [0.4, 0.5) is 0 Å². The van der Waals surface area contributed by atoms with Gasteiger partial charge in [0.2, 0.25) is 0 Å². The van der Waals surface area contributed by atoms with Gasteiger partial charge in [-0.3, -0.25) is 9.59 Å². The second-order valence-corrected chi connectivity index (χ2v) is 4.87. The Morgan fingerprint density at radius 2 is 1.05 bits per heavy atom. The maximum atomic E-state index is 9.43. The molecule has 0 amide bonds. The third kappa shape index (κ3) is 19.2. The van der Waals surface area contributed by atoms with E-state index in [-0.39, 0.29) is 0 Å². The summed E-state index contributed by atoms with van der Waals surface area (Å²) in [6.07, 6.45) is 7.28. The van der Waals surface area contributed by atoms with Crippen molar-refractivity contribution in [3.63, 3.8) is 0 Å². The summed E-state index contributed by atoms with van der Waals surface area (Å²) in [5.74, 6) is -2.62. The molecule has 0 saturated heterocycles. The maximum Gasteiger partial charge on any atom is 0.314 e. The lowest BCUT2D eigenvalue weighted by Gasteiger charge is -2.21. The summed E-state index contributed by atoms with van der Waals surface area (Å²) in [5, 5.41) is 15.4. The molecule has 0 unspecified atom stereocenters. The zero-order chi connectivity index (χ0) is 15.8. The molecule has 0 aliphatic carbocycles. The normalized spacial score (nSPS) is 10.0. The number of carbonyl (C=O) groups is 2. The lowest BCUT2D eigenvalue weighted by molar-refractivity contribution is -0.147. The van der Waals surface area contributed by atoms with Crippen molar-refractivity contribution in [3.8, 4) is 0 Å². The molecule has 2 N–H and O–H groups in total. The van der Waals surface area contributed by atoms with Crippen molar-refractivity contribution in [2.45, 2.75) is 65.7 Å². The molecule has 0 aliphatic heterocycles. The maximum absolute atomic E-state index is 9.43. The summed E-state index contributed by atoms with van der Waals surface area (Å²) in [6.45, 7) is 10.8. The van der Waals surface area contributed by atoms with Crippen molar-refractivity contribution >= 4 is 11.9 Å². The van der Waals surface area contributed by atoms with Crippen LogP contribution >= 0.6 is 0 Å². The van der Waals surface area contributed by atoms with Crippen LogP contribution in [0.3, 0.4) is 0 Å². The number of carboxylic acid groups (broad SMARTS) is 2. The van der Waals surface area contributed by atoms with Crippen LogP contribution in [0, 0.1) is 0 Å². The van der Waals surface area contributed by atoms with Crippen LogP contribution < -0.4 is 0 Å². The van der Waals surface area contributed by atoms with E-state index in [2.05, 4.69) is 25.7 Å². The number of hydrogen-bond acceptors (Lipinski definition) is 3. The summed E-state index contributed by atoms with van der Waals surface area (Å²) < 4.78 is 0. The van der Waals surface area contributed by atoms with Crippen molar-refractivity contribution < 1.29 is 19.8 Å². The number of rotatable bonds is 11. The fourth-order valence-corrected chi connectivity index (χ4v) is 1.61. The van der Waals surface area contributed by atoms with Crippen molar-refractivity contribution in [1.82, 2.24) is 4.90 Å². The van der Waals surface area contributed by atoms with E-state index in [4.69, 9.17) is 10.2 Å². The van der Waals surface area contributed by atoms with E-state index in [0.717, 1.165) is 0 Å². The number of nitrogens with zero attached hydrogens (tertiary/aromatic N) is 1. The molecule has 0 fully saturated rings. The van der Waals surface area contributed by atoms with Gasteiger partial charge in [-0.15, -0.1) is 0 Å². The first-order chi connectivity index (χ1) is 9.47. The van der Waals surface area contributed by atoms with Crippen LogP contribution in [-0.4, -0.2) is 46.7 Å². The number of hydrogen-bond donors (Lipinski definition) is 2. The molecule has 0 aliphatic rings.